The molecule has 6 rings (SSSR count). The van der Waals surface area contributed by atoms with E-state index in [-0.39, 0.29) is 12.0 Å². The predicted molar refractivity (Wildman–Crippen MR) is 142 cm³/mol. The Morgan fingerprint density at radius 2 is 1.68 bits per heavy atom. The molecule has 5 aromatic rings. The van der Waals surface area contributed by atoms with Crippen molar-refractivity contribution in [3.63, 3.8) is 0 Å². The zero-order valence-corrected chi connectivity index (χ0v) is 20.9. The highest BCUT2D eigenvalue weighted by Gasteiger charge is 2.17. The molecule has 0 spiro atoms. The number of methoxy groups -OCH3 is 1. The molecule has 2 aromatic heterocycles. The van der Waals surface area contributed by atoms with Crippen molar-refractivity contribution in [1.82, 2.24) is 0 Å². The lowest BCUT2D eigenvalue weighted by atomic mass is 10.0. The van der Waals surface area contributed by atoms with Gasteiger partial charge in [0.25, 0.3) is 0 Å². The van der Waals surface area contributed by atoms with Gasteiger partial charge in [-0.25, -0.2) is 4.79 Å². The fourth-order valence-electron chi connectivity index (χ4n) is 4.63. The standard InChI is InChI=1S/C30H24O8/c1-3-17-10-22-26(37-16-23(30(22)32)18-4-7-24-28(11-18)35-9-8-34-24)14-25(17)36-15-19-12-29(31)38-27-13-20(33-2)5-6-21(19)27/h4-7,10-14,16H,3,8-9,15H2,1-2H3. The van der Waals surface area contributed by atoms with Crippen molar-refractivity contribution in [2.45, 2.75) is 20.0 Å². The van der Waals surface area contributed by atoms with Crippen LogP contribution < -0.4 is 30.0 Å². The molecule has 0 fully saturated rings. The molecule has 1 aliphatic rings. The zero-order valence-electron chi connectivity index (χ0n) is 20.9. The van der Waals surface area contributed by atoms with Gasteiger partial charge in [-0.2, -0.15) is 0 Å². The van der Waals surface area contributed by atoms with Crippen molar-refractivity contribution >= 4 is 21.9 Å². The largest absolute Gasteiger partial charge is 0.497 e. The maximum absolute atomic E-state index is 13.5. The first-order valence-electron chi connectivity index (χ1n) is 12.3. The van der Waals surface area contributed by atoms with Crippen LogP contribution in [0, 0.1) is 0 Å². The van der Waals surface area contributed by atoms with E-state index in [9.17, 15) is 9.59 Å². The number of hydrogen-bond donors (Lipinski definition) is 0. The van der Waals surface area contributed by atoms with E-state index in [0.29, 0.717) is 75.9 Å². The summed E-state index contributed by atoms with van der Waals surface area (Å²) in [6.07, 6.45) is 2.09. The van der Waals surface area contributed by atoms with Gasteiger partial charge in [0.05, 0.1) is 18.1 Å². The first-order valence-corrected chi connectivity index (χ1v) is 12.3. The van der Waals surface area contributed by atoms with E-state index in [2.05, 4.69) is 0 Å². The topological polar surface area (TPSA) is 97.3 Å². The smallest absolute Gasteiger partial charge is 0.336 e. The molecule has 0 N–H and O–H groups in total. The number of ether oxygens (including phenoxy) is 4. The predicted octanol–water partition coefficient (Wildman–Crippen LogP) is 5.49. The second kappa shape index (κ2) is 9.63. The summed E-state index contributed by atoms with van der Waals surface area (Å²) < 4.78 is 33.9. The highest BCUT2D eigenvalue weighted by molar-refractivity contribution is 5.84. The minimum Gasteiger partial charge on any atom is -0.497 e. The van der Waals surface area contributed by atoms with Crippen molar-refractivity contribution in [2.24, 2.45) is 0 Å². The van der Waals surface area contributed by atoms with Crippen molar-refractivity contribution in [3.8, 4) is 34.1 Å². The lowest BCUT2D eigenvalue weighted by molar-refractivity contribution is 0.171. The summed E-state index contributed by atoms with van der Waals surface area (Å²) in [4.78, 5) is 25.6. The summed E-state index contributed by atoms with van der Waals surface area (Å²) in [5, 5.41) is 1.21. The summed E-state index contributed by atoms with van der Waals surface area (Å²) in [6, 6.07) is 15.7. The monoisotopic (exact) mass is 512 g/mol. The summed E-state index contributed by atoms with van der Waals surface area (Å²) in [5.41, 5.74) is 2.85. The molecule has 0 saturated heterocycles. The van der Waals surface area contributed by atoms with Crippen LogP contribution in [0.1, 0.15) is 18.1 Å². The number of rotatable bonds is 6. The second-order valence-corrected chi connectivity index (χ2v) is 8.89. The third kappa shape index (κ3) is 4.24. The van der Waals surface area contributed by atoms with Gasteiger partial charge in [0, 0.05) is 29.1 Å². The molecule has 0 bridgehead atoms. The molecule has 192 valence electrons. The van der Waals surface area contributed by atoms with Crippen LogP contribution in [0.4, 0.5) is 0 Å². The highest BCUT2D eigenvalue weighted by Crippen LogP contribution is 2.35. The van der Waals surface area contributed by atoms with Crippen LogP contribution in [-0.4, -0.2) is 20.3 Å². The molecule has 0 radical (unpaired) electrons. The van der Waals surface area contributed by atoms with Crippen molar-refractivity contribution in [3.05, 3.63) is 92.6 Å². The summed E-state index contributed by atoms with van der Waals surface area (Å²) in [5.74, 6) is 2.42. The molecule has 3 heterocycles. The average Bonchev–Trinajstić information content (AvgIpc) is 2.95. The minimum absolute atomic E-state index is 0.131. The van der Waals surface area contributed by atoms with Crippen LogP contribution in [-0.2, 0) is 13.0 Å². The molecule has 0 saturated carbocycles. The summed E-state index contributed by atoms with van der Waals surface area (Å²) in [7, 11) is 1.55. The Morgan fingerprint density at radius 3 is 2.50 bits per heavy atom. The summed E-state index contributed by atoms with van der Waals surface area (Å²) in [6.45, 7) is 3.08. The van der Waals surface area contributed by atoms with Crippen LogP contribution in [0.3, 0.4) is 0 Å². The molecule has 8 heteroatoms. The van der Waals surface area contributed by atoms with Gasteiger partial charge in [-0.05, 0) is 47.9 Å². The number of benzene rings is 3. The Bertz CT molecular complexity index is 1800. The van der Waals surface area contributed by atoms with Gasteiger partial charge in [-0.3, -0.25) is 4.79 Å². The van der Waals surface area contributed by atoms with Gasteiger partial charge in [-0.1, -0.05) is 13.0 Å². The van der Waals surface area contributed by atoms with E-state index >= 15 is 0 Å². The lowest BCUT2D eigenvalue weighted by Gasteiger charge is -2.18. The van der Waals surface area contributed by atoms with Crippen LogP contribution in [0.25, 0.3) is 33.1 Å². The van der Waals surface area contributed by atoms with Crippen molar-refractivity contribution < 1.29 is 27.8 Å². The van der Waals surface area contributed by atoms with Crippen LogP contribution in [0.15, 0.2) is 79.3 Å². The molecule has 1 aliphatic heterocycles. The number of fused-ring (bicyclic) bond motifs is 3. The van der Waals surface area contributed by atoms with E-state index in [1.807, 2.05) is 19.1 Å². The summed E-state index contributed by atoms with van der Waals surface area (Å²) >= 11 is 0. The number of hydrogen-bond acceptors (Lipinski definition) is 8. The SMILES string of the molecule is CCc1cc2c(=O)c(-c3ccc4c(c3)OCCO4)coc2cc1OCc1cc(=O)oc2cc(OC)ccc12. The molecule has 0 aliphatic carbocycles. The molecular formula is C30H24O8. The molecule has 0 atom stereocenters. The maximum Gasteiger partial charge on any atom is 0.336 e. The Labute approximate surface area is 216 Å². The lowest BCUT2D eigenvalue weighted by Crippen LogP contribution is -2.15. The first kappa shape index (κ1) is 23.7. The fourth-order valence-corrected chi connectivity index (χ4v) is 4.63. The van der Waals surface area contributed by atoms with Crippen LogP contribution in [0.5, 0.6) is 23.0 Å². The van der Waals surface area contributed by atoms with E-state index in [1.54, 1.807) is 43.5 Å². The maximum atomic E-state index is 13.5. The molecule has 8 nitrogen and oxygen atoms in total. The van der Waals surface area contributed by atoms with Gasteiger partial charge in [0.2, 0.25) is 5.43 Å². The first-order chi connectivity index (χ1) is 18.5. The van der Waals surface area contributed by atoms with Crippen molar-refractivity contribution in [2.75, 3.05) is 20.3 Å². The third-order valence-electron chi connectivity index (χ3n) is 6.61. The average molecular weight is 513 g/mol. The molecule has 38 heavy (non-hydrogen) atoms. The normalized spacial score (nSPS) is 12.6. The Balaban J connectivity index is 1.35. The molecular weight excluding hydrogens is 488 g/mol. The minimum atomic E-state index is -0.476. The fraction of sp³-hybridized carbons (Fsp3) is 0.200. The molecule has 3 aromatic carbocycles. The Kier molecular flexibility index (Phi) is 5.99. The second-order valence-electron chi connectivity index (χ2n) is 8.89. The molecule has 0 unspecified atom stereocenters. The van der Waals surface area contributed by atoms with Gasteiger partial charge >= 0.3 is 5.63 Å². The van der Waals surface area contributed by atoms with Gasteiger partial charge in [0.1, 0.15) is 48.7 Å². The van der Waals surface area contributed by atoms with Gasteiger partial charge < -0.3 is 27.8 Å². The van der Waals surface area contributed by atoms with Gasteiger partial charge in [-0.15, -0.1) is 0 Å². The van der Waals surface area contributed by atoms with E-state index in [0.717, 1.165) is 10.9 Å². The Hall–Kier alpha value is -4.72. The zero-order chi connectivity index (χ0) is 26.2. The van der Waals surface area contributed by atoms with Crippen LogP contribution in [0.2, 0.25) is 0 Å². The molecule has 0 amide bonds. The number of aryl methyl sites for hydroxylation is 1. The van der Waals surface area contributed by atoms with E-state index in [4.69, 9.17) is 27.8 Å². The van der Waals surface area contributed by atoms with Gasteiger partial charge in [0.15, 0.2) is 11.5 Å². The third-order valence-corrected chi connectivity index (χ3v) is 6.61. The van der Waals surface area contributed by atoms with E-state index < -0.39 is 5.63 Å². The van der Waals surface area contributed by atoms with E-state index in [1.165, 1.54) is 12.3 Å². The Morgan fingerprint density at radius 1 is 0.842 bits per heavy atom. The quantitative estimate of drug-likeness (QED) is 0.276. The van der Waals surface area contributed by atoms with Crippen LogP contribution >= 0.6 is 0 Å². The highest BCUT2D eigenvalue weighted by atomic mass is 16.6. The van der Waals surface area contributed by atoms with Crippen molar-refractivity contribution in [1.29, 1.82) is 0 Å².